The molecule has 2 fully saturated rings. The highest BCUT2D eigenvalue weighted by Crippen LogP contribution is 2.33. The quantitative estimate of drug-likeness (QED) is 0.316. The van der Waals surface area contributed by atoms with Gasteiger partial charge < -0.3 is 0 Å². The van der Waals surface area contributed by atoms with E-state index in [4.69, 9.17) is 0 Å². The second kappa shape index (κ2) is 1.38. The van der Waals surface area contributed by atoms with Crippen LogP contribution in [0.3, 0.4) is 0 Å². The van der Waals surface area contributed by atoms with Crippen LogP contribution in [0.4, 0.5) is 0 Å². The SMILES string of the molecule is C1OOOOC12OO2. The van der Waals surface area contributed by atoms with E-state index in [0.717, 1.165) is 0 Å². The van der Waals surface area contributed by atoms with Gasteiger partial charge in [-0.25, -0.2) is 0 Å². The molecule has 0 bridgehead atoms. The second-order valence-electron chi connectivity index (χ2n) is 1.33. The minimum absolute atomic E-state index is 0.0486. The van der Waals surface area contributed by atoms with Crippen LogP contribution in [0.25, 0.3) is 0 Å². The van der Waals surface area contributed by atoms with Gasteiger partial charge in [0.05, 0.1) is 0 Å². The lowest BCUT2D eigenvalue weighted by Gasteiger charge is -2.09. The van der Waals surface area contributed by atoms with Crippen molar-refractivity contribution in [1.82, 2.24) is 0 Å². The molecule has 0 unspecified atom stereocenters. The molecule has 1 spiro atoms. The van der Waals surface area contributed by atoms with Crippen LogP contribution in [-0.4, -0.2) is 12.6 Å². The normalized spacial score (nSPS) is 33.0. The molecule has 6 nitrogen and oxygen atoms in total. The van der Waals surface area contributed by atoms with Crippen LogP contribution in [0.2, 0.25) is 0 Å². The van der Waals surface area contributed by atoms with E-state index >= 15 is 0 Å². The van der Waals surface area contributed by atoms with E-state index < -0.39 is 5.97 Å². The zero-order valence-corrected chi connectivity index (χ0v) is 3.66. The Morgan fingerprint density at radius 1 is 1.00 bits per heavy atom. The molecule has 0 atom stereocenters. The first-order valence-electron chi connectivity index (χ1n) is 1.92. The van der Waals surface area contributed by atoms with E-state index in [1.165, 1.54) is 0 Å². The lowest BCUT2D eigenvalue weighted by Crippen LogP contribution is -2.28. The van der Waals surface area contributed by atoms with Gasteiger partial charge in [-0.1, -0.05) is 0 Å². The smallest absolute Gasteiger partial charge is 0.195 e. The molecule has 0 aliphatic carbocycles. The molecule has 2 rings (SSSR count). The van der Waals surface area contributed by atoms with Gasteiger partial charge in [-0.2, -0.15) is 14.7 Å². The van der Waals surface area contributed by atoms with Gasteiger partial charge in [-0.15, -0.1) is 4.89 Å². The zero-order chi connectivity index (χ0) is 5.45. The fourth-order valence-corrected chi connectivity index (χ4v) is 0.328. The van der Waals surface area contributed by atoms with E-state index in [-0.39, 0.29) is 6.61 Å². The van der Waals surface area contributed by atoms with Crippen molar-refractivity contribution in [3.05, 3.63) is 0 Å². The van der Waals surface area contributed by atoms with Crippen molar-refractivity contribution >= 4 is 0 Å². The third-order valence-electron chi connectivity index (χ3n) is 0.742. The fraction of sp³-hybridized carbons (Fsp3) is 1.00. The average Bonchev–Trinajstić information content (AvgIpc) is 2.52. The summed E-state index contributed by atoms with van der Waals surface area (Å²) in [5, 5.41) is 7.74. The van der Waals surface area contributed by atoms with Crippen LogP contribution >= 0.6 is 0 Å². The molecule has 2 saturated heterocycles. The Hall–Kier alpha value is -0.240. The summed E-state index contributed by atoms with van der Waals surface area (Å²) in [6.45, 7) is 0.0486. The van der Waals surface area contributed by atoms with Gasteiger partial charge in [0.1, 0.15) is 0 Å². The summed E-state index contributed by atoms with van der Waals surface area (Å²) in [5.41, 5.74) is 0. The van der Waals surface area contributed by atoms with Crippen LogP contribution in [0.1, 0.15) is 0 Å². The zero-order valence-electron chi connectivity index (χ0n) is 3.66. The molecule has 0 radical (unpaired) electrons. The first-order valence-corrected chi connectivity index (χ1v) is 1.92. The van der Waals surface area contributed by atoms with Crippen LogP contribution < -0.4 is 0 Å². The molecule has 0 aromatic heterocycles. The molecule has 2 heterocycles. The average molecular weight is 122 g/mol. The maximum Gasteiger partial charge on any atom is 0.395 e. The molecule has 6 heteroatoms. The van der Waals surface area contributed by atoms with Crippen molar-refractivity contribution in [3.8, 4) is 0 Å². The van der Waals surface area contributed by atoms with Crippen molar-refractivity contribution in [2.75, 3.05) is 6.61 Å². The Bertz CT molecular complexity index is 88.7. The topological polar surface area (TPSA) is 62.0 Å². The molecule has 0 saturated carbocycles. The van der Waals surface area contributed by atoms with E-state index in [9.17, 15) is 0 Å². The van der Waals surface area contributed by atoms with Crippen LogP contribution in [0.5, 0.6) is 0 Å². The number of hydrogen-bond donors (Lipinski definition) is 0. The van der Waals surface area contributed by atoms with Crippen molar-refractivity contribution in [3.63, 3.8) is 0 Å². The predicted molar refractivity (Wildman–Crippen MR) is 14.1 cm³/mol. The van der Waals surface area contributed by atoms with Crippen molar-refractivity contribution in [2.24, 2.45) is 0 Å². The van der Waals surface area contributed by atoms with Gasteiger partial charge in [0.25, 0.3) is 0 Å². The molecule has 0 amide bonds. The Morgan fingerprint density at radius 2 is 1.88 bits per heavy atom. The molecular formula is C2H2O6. The summed E-state index contributed by atoms with van der Waals surface area (Å²) in [4.78, 5) is 17.1. The Labute approximate surface area is 43.5 Å². The second-order valence-corrected chi connectivity index (χ2v) is 1.33. The monoisotopic (exact) mass is 122 g/mol. The first-order chi connectivity index (χ1) is 3.91. The standard InChI is InChI=1S/C2H2O6/c1-2(4-5-2)6-8-7-3-1/h1H2. The van der Waals surface area contributed by atoms with Gasteiger partial charge >= 0.3 is 5.97 Å². The van der Waals surface area contributed by atoms with Crippen molar-refractivity contribution < 1.29 is 29.6 Å². The number of rotatable bonds is 0. The van der Waals surface area contributed by atoms with Gasteiger partial charge in [-0.05, 0) is 10.1 Å². The van der Waals surface area contributed by atoms with Crippen LogP contribution in [0.15, 0.2) is 0 Å². The third kappa shape index (κ3) is 0.599. The lowest BCUT2D eigenvalue weighted by atomic mass is 10.6. The molecule has 2 aliphatic heterocycles. The maximum absolute atomic E-state index is 4.28. The first kappa shape index (κ1) is 4.62. The van der Waals surface area contributed by atoms with E-state index in [0.29, 0.717) is 0 Å². The van der Waals surface area contributed by atoms with Gasteiger partial charge in [0.15, 0.2) is 6.61 Å². The Balaban J connectivity index is 1.95. The number of hydrogen-bond acceptors (Lipinski definition) is 6. The fourth-order valence-electron chi connectivity index (χ4n) is 0.328. The molecule has 2 aliphatic rings. The molecule has 46 valence electrons. The van der Waals surface area contributed by atoms with Gasteiger partial charge in [0, 0.05) is 0 Å². The Kier molecular flexibility index (Phi) is 0.796. The minimum atomic E-state index is -1.14. The summed E-state index contributed by atoms with van der Waals surface area (Å²) in [6, 6.07) is 0. The van der Waals surface area contributed by atoms with E-state index in [2.05, 4.69) is 29.6 Å². The summed E-state index contributed by atoms with van der Waals surface area (Å²) >= 11 is 0. The van der Waals surface area contributed by atoms with Gasteiger partial charge in [-0.3, -0.25) is 0 Å². The lowest BCUT2D eigenvalue weighted by molar-refractivity contribution is -0.692. The highest BCUT2D eigenvalue weighted by atomic mass is 17.7. The van der Waals surface area contributed by atoms with Crippen molar-refractivity contribution in [1.29, 1.82) is 0 Å². The molecule has 0 aromatic carbocycles. The molecule has 8 heavy (non-hydrogen) atoms. The predicted octanol–water partition coefficient (Wildman–Crippen LogP) is -0.573. The summed E-state index contributed by atoms with van der Waals surface area (Å²) in [5.74, 6) is -1.14. The molecule has 0 aromatic rings. The Morgan fingerprint density at radius 3 is 2.25 bits per heavy atom. The van der Waals surface area contributed by atoms with Gasteiger partial charge in [0.2, 0.25) is 0 Å². The summed E-state index contributed by atoms with van der Waals surface area (Å²) < 4.78 is 0. The molecule has 0 N–H and O–H groups in total. The maximum atomic E-state index is 4.28. The van der Waals surface area contributed by atoms with E-state index in [1.54, 1.807) is 0 Å². The van der Waals surface area contributed by atoms with E-state index in [1.807, 2.05) is 0 Å². The third-order valence-corrected chi connectivity index (χ3v) is 0.742. The minimum Gasteiger partial charge on any atom is -0.195 e. The summed E-state index contributed by atoms with van der Waals surface area (Å²) in [7, 11) is 0. The highest BCUT2D eigenvalue weighted by molar-refractivity contribution is 4.55. The molecular weight excluding hydrogens is 120 g/mol. The van der Waals surface area contributed by atoms with Crippen LogP contribution in [-0.2, 0) is 29.6 Å². The van der Waals surface area contributed by atoms with Crippen molar-refractivity contribution in [2.45, 2.75) is 5.97 Å². The highest BCUT2D eigenvalue weighted by Gasteiger charge is 2.56. The largest absolute Gasteiger partial charge is 0.395 e. The van der Waals surface area contributed by atoms with Crippen LogP contribution in [0, 0.1) is 0 Å². The summed E-state index contributed by atoms with van der Waals surface area (Å²) in [6.07, 6.45) is 0.